The van der Waals surface area contributed by atoms with Gasteiger partial charge in [-0.1, -0.05) is 30.0 Å². The monoisotopic (exact) mass is 327 g/mol. The zero-order valence-corrected chi connectivity index (χ0v) is 13.4. The first-order chi connectivity index (χ1) is 10.7. The van der Waals surface area contributed by atoms with E-state index < -0.39 is 0 Å². The van der Waals surface area contributed by atoms with Crippen LogP contribution in [0.25, 0.3) is 0 Å². The summed E-state index contributed by atoms with van der Waals surface area (Å²) in [6, 6.07) is 13.4. The van der Waals surface area contributed by atoms with Crippen molar-refractivity contribution in [1.82, 2.24) is 9.97 Å². The van der Waals surface area contributed by atoms with Crippen molar-refractivity contribution >= 4 is 34.1 Å². The molecule has 0 atom stereocenters. The van der Waals surface area contributed by atoms with Crippen LogP contribution in [0.5, 0.6) is 0 Å². The van der Waals surface area contributed by atoms with Crippen LogP contribution in [-0.2, 0) is 0 Å². The van der Waals surface area contributed by atoms with Crippen LogP contribution in [0.2, 0.25) is 0 Å². The van der Waals surface area contributed by atoms with Crippen molar-refractivity contribution < 1.29 is 4.79 Å². The quantitative estimate of drug-likeness (QED) is 0.778. The number of aryl methyl sites for hydroxylation is 1. The van der Waals surface area contributed by atoms with E-state index in [0.29, 0.717) is 15.7 Å². The van der Waals surface area contributed by atoms with E-state index in [0.717, 1.165) is 10.6 Å². The van der Waals surface area contributed by atoms with Gasteiger partial charge in [0.25, 0.3) is 5.91 Å². The normalized spacial score (nSPS) is 10.4. The van der Waals surface area contributed by atoms with Crippen LogP contribution in [0, 0.1) is 6.92 Å². The standard InChI is InChI=1S/C16H13N3OS2/c1-11-10-21-16(18-11)19-14(20)13-8-5-9-17-15(13)22-12-6-3-2-4-7-12/h2-10H,1H3,(H,18,19,20). The van der Waals surface area contributed by atoms with Crippen LogP contribution in [-0.4, -0.2) is 15.9 Å². The number of benzene rings is 1. The molecule has 6 heteroatoms. The smallest absolute Gasteiger partial charge is 0.260 e. The van der Waals surface area contributed by atoms with Gasteiger partial charge >= 0.3 is 0 Å². The van der Waals surface area contributed by atoms with E-state index >= 15 is 0 Å². The Hall–Kier alpha value is -2.18. The van der Waals surface area contributed by atoms with Crippen molar-refractivity contribution in [2.75, 3.05) is 5.32 Å². The maximum Gasteiger partial charge on any atom is 0.260 e. The lowest BCUT2D eigenvalue weighted by Crippen LogP contribution is -2.13. The molecule has 0 saturated heterocycles. The van der Waals surface area contributed by atoms with Gasteiger partial charge < -0.3 is 0 Å². The van der Waals surface area contributed by atoms with Crippen molar-refractivity contribution in [1.29, 1.82) is 0 Å². The lowest BCUT2D eigenvalue weighted by Gasteiger charge is -2.07. The van der Waals surface area contributed by atoms with E-state index in [1.54, 1.807) is 18.3 Å². The van der Waals surface area contributed by atoms with E-state index in [2.05, 4.69) is 15.3 Å². The maximum atomic E-state index is 12.4. The average molecular weight is 327 g/mol. The number of thiazole rings is 1. The maximum absolute atomic E-state index is 12.4. The molecule has 2 aromatic heterocycles. The van der Waals surface area contributed by atoms with Gasteiger partial charge in [0, 0.05) is 16.5 Å². The minimum Gasteiger partial charge on any atom is -0.298 e. The second kappa shape index (κ2) is 6.72. The van der Waals surface area contributed by atoms with E-state index in [-0.39, 0.29) is 5.91 Å². The molecule has 0 aliphatic carbocycles. The molecule has 110 valence electrons. The highest BCUT2D eigenvalue weighted by molar-refractivity contribution is 7.99. The Balaban J connectivity index is 1.83. The summed E-state index contributed by atoms with van der Waals surface area (Å²) in [6.07, 6.45) is 1.69. The Bertz CT molecular complexity index is 787. The van der Waals surface area contributed by atoms with Gasteiger partial charge in [-0.2, -0.15) is 0 Å². The molecule has 0 unspecified atom stereocenters. The number of nitrogens with one attached hydrogen (secondary N) is 1. The van der Waals surface area contributed by atoms with Gasteiger partial charge in [0.05, 0.1) is 11.3 Å². The zero-order chi connectivity index (χ0) is 15.4. The van der Waals surface area contributed by atoms with Gasteiger partial charge in [0.15, 0.2) is 5.13 Å². The summed E-state index contributed by atoms with van der Waals surface area (Å²) in [5, 5.41) is 6.00. The highest BCUT2D eigenvalue weighted by atomic mass is 32.2. The van der Waals surface area contributed by atoms with Crippen LogP contribution in [0.4, 0.5) is 5.13 Å². The van der Waals surface area contributed by atoms with Gasteiger partial charge in [0.2, 0.25) is 0 Å². The predicted octanol–water partition coefficient (Wildman–Crippen LogP) is 4.25. The summed E-state index contributed by atoms with van der Waals surface area (Å²) in [7, 11) is 0. The summed E-state index contributed by atoms with van der Waals surface area (Å²) in [5.41, 5.74) is 1.44. The molecule has 1 amide bonds. The Morgan fingerprint density at radius 1 is 1.18 bits per heavy atom. The van der Waals surface area contributed by atoms with Crippen molar-refractivity contribution in [2.24, 2.45) is 0 Å². The minimum absolute atomic E-state index is 0.194. The van der Waals surface area contributed by atoms with E-state index in [9.17, 15) is 4.79 Å². The number of pyridine rings is 1. The molecule has 0 bridgehead atoms. The van der Waals surface area contributed by atoms with Crippen LogP contribution in [0.15, 0.2) is 64.0 Å². The third kappa shape index (κ3) is 3.52. The van der Waals surface area contributed by atoms with Crippen LogP contribution in [0.3, 0.4) is 0 Å². The molecule has 1 N–H and O–H groups in total. The number of anilines is 1. The van der Waals surface area contributed by atoms with Gasteiger partial charge in [0.1, 0.15) is 5.03 Å². The first kappa shape index (κ1) is 14.7. The number of carbonyl (C=O) groups is 1. The van der Waals surface area contributed by atoms with Gasteiger partial charge in [-0.25, -0.2) is 9.97 Å². The molecule has 0 spiro atoms. The van der Waals surface area contributed by atoms with Crippen molar-refractivity contribution in [3.63, 3.8) is 0 Å². The molecule has 2 heterocycles. The molecule has 4 nitrogen and oxygen atoms in total. The third-order valence-corrected chi connectivity index (χ3v) is 4.72. The van der Waals surface area contributed by atoms with Gasteiger partial charge in [-0.05, 0) is 31.2 Å². The van der Waals surface area contributed by atoms with Crippen molar-refractivity contribution in [3.8, 4) is 0 Å². The second-order valence-corrected chi connectivity index (χ2v) is 6.44. The van der Waals surface area contributed by atoms with Crippen LogP contribution >= 0.6 is 23.1 Å². The second-order valence-electron chi connectivity index (χ2n) is 4.52. The fraction of sp³-hybridized carbons (Fsp3) is 0.0625. The molecule has 1 aromatic carbocycles. The molecular formula is C16H13N3OS2. The number of hydrogen-bond donors (Lipinski definition) is 1. The SMILES string of the molecule is Cc1csc(NC(=O)c2cccnc2Sc2ccccc2)n1. The number of carbonyl (C=O) groups excluding carboxylic acids is 1. The Morgan fingerprint density at radius 3 is 2.73 bits per heavy atom. The van der Waals surface area contributed by atoms with Crippen molar-refractivity contribution in [3.05, 3.63) is 65.3 Å². The fourth-order valence-corrected chi connectivity index (χ4v) is 3.40. The number of hydrogen-bond acceptors (Lipinski definition) is 5. The molecule has 0 fully saturated rings. The summed E-state index contributed by atoms with van der Waals surface area (Å²) in [6.45, 7) is 1.90. The van der Waals surface area contributed by atoms with Crippen LogP contribution < -0.4 is 5.32 Å². The first-order valence-electron chi connectivity index (χ1n) is 6.64. The molecule has 0 saturated carbocycles. The molecule has 0 aliphatic rings. The highest BCUT2D eigenvalue weighted by Crippen LogP contribution is 2.29. The largest absolute Gasteiger partial charge is 0.298 e. The summed E-state index contributed by atoms with van der Waals surface area (Å²) in [5.74, 6) is -0.194. The molecule has 3 rings (SSSR count). The van der Waals surface area contributed by atoms with Gasteiger partial charge in [-0.3, -0.25) is 10.1 Å². The molecule has 22 heavy (non-hydrogen) atoms. The molecule has 3 aromatic rings. The summed E-state index contributed by atoms with van der Waals surface area (Å²) in [4.78, 5) is 22.1. The van der Waals surface area contributed by atoms with E-state index in [4.69, 9.17) is 0 Å². The fourth-order valence-electron chi connectivity index (χ4n) is 1.82. The predicted molar refractivity (Wildman–Crippen MR) is 89.6 cm³/mol. The van der Waals surface area contributed by atoms with E-state index in [1.165, 1.54) is 23.1 Å². The topological polar surface area (TPSA) is 54.9 Å². The van der Waals surface area contributed by atoms with Crippen molar-refractivity contribution in [2.45, 2.75) is 16.8 Å². The minimum atomic E-state index is -0.194. The van der Waals surface area contributed by atoms with Gasteiger partial charge in [-0.15, -0.1) is 11.3 Å². The zero-order valence-electron chi connectivity index (χ0n) is 11.8. The Labute approximate surface area is 136 Å². The molecule has 0 aliphatic heterocycles. The van der Waals surface area contributed by atoms with Crippen LogP contribution in [0.1, 0.15) is 16.1 Å². The lowest BCUT2D eigenvalue weighted by atomic mass is 10.3. The number of aromatic nitrogens is 2. The number of rotatable bonds is 4. The number of amides is 1. The Morgan fingerprint density at radius 2 is 2.00 bits per heavy atom. The number of nitrogens with zero attached hydrogens (tertiary/aromatic N) is 2. The first-order valence-corrected chi connectivity index (χ1v) is 8.33. The summed E-state index contributed by atoms with van der Waals surface area (Å²) < 4.78 is 0. The highest BCUT2D eigenvalue weighted by Gasteiger charge is 2.14. The average Bonchev–Trinajstić information content (AvgIpc) is 2.94. The molecule has 0 radical (unpaired) electrons. The molecular weight excluding hydrogens is 314 g/mol. The third-order valence-electron chi connectivity index (χ3n) is 2.81. The van der Waals surface area contributed by atoms with E-state index in [1.807, 2.05) is 42.6 Å². The Kier molecular flexibility index (Phi) is 4.50. The lowest BCUT2D eigenvalue weighted by molar-refractivity contribution is 0.102. The summed E-state index contributed by atoms with van der Waals surface area (Å²) >= 11 is 2.88.